The number of anilines is 1. The Morgan fingerprint density at radius 2 is 1.72 bits per heavy atom. The second kappa shape index (κ2) is 7.90. The maximum Gasteiger partial charge on any atom is 0.239 e. The van der Waals surface area contributed by atoms with Crippen molar-refractivity contribution < 1.29 is 9.21 Å². The molecule has 4 nitrogen and oxygen atoms in total. The van der Waals surface area contributed by atoms with Crippen molar-refractivity contribution in [2.45, 2.75) is 13.5 Å². The van der Waals surface area contributed by atoms with Crippen LogP contribution in [-0.4, -0.2) is 12.5 Å². The molecule has 0 saturated heterocycles. The van der Waals surface area contributed by atoms with Gasteiger partial charge in [0.25, 0.3) is 0 Å². The third-order valence-electron chi connectivity index (χ3n) is 3.75. The summed E-state index contributed by atoms with van der Waals surface area (Å²) in [5.41, 5.74) is 3.05. The third-order valence-corrected chi connectivity index (χ3v) is 4.01. The van der Waals surface area contributed by atoms with E-state index in [2.05, 4.69) is 10.6 Å². The van der Waals surface area contributed by atoms with Crippen LogP contribution in [0.1, 0.15) is 11.3 Å². The quantitative estimate of drug-likeness (QED) is 0.678. The van der Waals surface area contributed by atoms with Crippen molar-refractivity contribution in [2.75, 3.05) is 11.9 Å². The zero-order valence-electron chi connectivity index (χ0n) is 13.9. The fraction of sp³-hybridized carbons (Fsp3) is 0.150. The van der Waals surface area contributed by atoms with E-state index in [4.69, 9.17) is 16.0 Å². The minimum absolute atomic E-state index is 0.0926. The van der Waals surface area contributed by atoms with Crippen molar-refractivity contribution in [3.05, 3.63) is 77.0 Å². The number of hydrogen-bond donors (Lipinski definition) is 2. The summed E-state index contributed by atoms with van der Waals surface area (Å²) in [5.74, 6) is 1.36. The van der Waals surface area contributed by atoms with E-state index in [1.807, 2.05) is 67.6 Å². The Hall–Kier alpha value is -2.72. The second-order valence-corrected chi connectivity index (χ2v) is 6.21. The average Bonchev–Trinajstić information content (AvgIpc) is 3.09. The Morgan fingerprint density at radius 3 is 2.44 bits per heavy atom. The van der Waals surface area contributed by atoms with Gasteiger partial charge < -0.3 is 15.1 Å². The van der Waals surface area contributed by atoms with Gasteiger partial charge in [0, 0.05) is 16.3 Å². The molecule has 0 aliphatic carbocycles. The standard InChI is InChI=1S/C20H19ClN2O2/c1-14-2-8-17(9-3-14)22-13-20(24)23-12-18-10-11-19(25-18)15-4-6-16(21)7-5-15/h2-11,22H,12-13H2,1H3,(H,23,24). The number of benzene rings is 2. The van der Waals surface area contributed by atoms with Crippen LogP contribution in [0.2, 0.25) is 5.02 Å². The molecular formula is C20H19ClN2O2. The van der Waals surface area contributed by atoms with Gasteiger partial charge in [-0.15, -0.1) is 0 Å². The number of rotatable bonds is 6. The Morgan fingerprint density at radius 1 is 1.00 bits per heavy atom. The number of carbonyl (C=O) groups is 1. The van der Waals surface area contributed by atoms with Gasteiger partial charge in [0.2, 0.25) is 5.91 Å². The van der Waals surface area contributed by atoms with Crippen molar-refractivity contribution in [2.24, 2.45) is 0 Å². The van der Waals surface area contributed by atoms with Crippen molar-refractivity contribution in [3.8, 4) is 11.3 Å². The van der Waals surface area contributed by atoms with Crippen LogP contribution in [-0.2, 0) is 11.3 Å². The van der Waals surface area contributed by atoms with Gasteiger partial charge in [0.05, 0.1) is 13.1 Å². The van der Waals surface area contributed by atoms with E-state index in [0.29, 0.717) is 17.3 Å². The highest BCUT2D eigenvalue weighted by molar-refractivity contribution is 6.30. The highest BCUT2D eigenvalue weighted by atomic mass is 35.5. The number of halogens is 1. The Bertz CT molecular complexity index is 839. The van der Waals surface area contributed by atoms with E-state index >= 15 is 0 Å². The fourth-order valence-electron chi connectivity index (χ4n) is 2.34. The summed E-state index contributed by atoms with van der Waals surface area (Å²) in [7, 11) is 0. The van der Waals surface area contributed by atoms with E-state index in [9.17, 15) is 4.79 Å². The minimum atomic E-state index is -0.0926. The maximum atomic E-state index is 11.9. The van der Waals surface area contributed by atoms with E-state index in [0.717, 1.165) is 17.0 Å². The van der Waals surface area contributed by atoms with Crippen LogP contribution in [0.25, 0.3) is 11.3 Å². The molecule has 0 unspecified atom stereocenters. The Labute approximate surface area is 151 Å². The van der Waals surface area contributed by atoms with Crippen molar-refractivity contribution in [1.29, 1.82) is 0 Å². The van der Waals surface area contributed by atoms with Crippen LogP contribution in [0.5, 0.6) is 0 Å². The highest BCUT2D eigenvalue weighted by Crippen LogP contribution is 2.23. The molecule has 2 N–H and O–H groups in total. The fourth-order valence-corrected chi connectivity index (χ4v) is 2.47. The highest BCUT2D eigenvalue weighted by Gasteiger charge is 2.07. The van der Waals surface area contributed by atoms with Crippen LogP contribution in [0.15, 0.2) is 65.1 Å². The molecule has 0 aliphatic rings. The van der Waals surface area contributed by atoms with Crippen LogP contribution >= 0.6 is 11.6 Å². The van der Waals surface area contributed by atoms with Gasteiger partial charge in [-0.3, -0.25) is 4.79 Å². The van der Waals surface area contributed by atoms with Crippen molar-refractivity contribution in [1.82, 2.24) is 5.32 Å². The number of nitrogens with one attached hydrogen (secondary N) is 2. The molecule has 2 aromatic carbocycles. The predicted molar refractivity (Wildman–Crippen MR) is 101 cm³/mol. The predicted octanol–water partition coefficient (Wildman–Crippen LogP) is 4.64. The van der Waals surface area contributed by atoms with E-state index < -0.39 is 0 Å². The molecule has 0 bridgehead atoms. The maximum absolute atomic E-state index is 11.9. The Kier molecular flexibility index (Phi) is 5.41. The summed E-state index contributed by atoms with van der Waals surface area (Å²) < 4.78 is 5.76. The first-order valence-electron chi connectivity index (χ1n) is 8.02. The van der Waals surface area contributed by atoms with Crippen LogP contribution in [0.3, 0.4) is 0 Å². The van der Waals surface area contributed by atoms with Gasteiger partial charge in [-0.05, 0) is 55.5 Å². The molecule has 0 fully saturated rings. The zero-order valence-corrected chi connectivity index (χ0v) is 14.6. The van der Waals surface area contributed by atoms with E-state index in [-0.39, 0.29) is 12.5 Å². The molecule has 0 spiro atoms. The number of carbonyl (C=O) groups excluding carboxylic acids is 1. The van der Waals surface area contributed by atoms with Crippen molar-refractivity contribution >= 4 is 23.2 Å². The molecule has 0 aliphatic heterocycles. The van der Waals surface area contributed by atoms with E-state index in [1.54, 1.807) is 0 Å². The lowest BCUT2D eigenvalue weighted by molar-refractivity contribution is -0.119. The number of furan rings is 1. The first-order valence-corrected chi connectivity index (χ1v) is 8.40. The molecule has 3 rings (SSSR count). The monoisotopic (exact) mass is 354 g/mol. The topological polar surface area (TPSA) is 54.3 Å². The summed E-state index contributed by atoms with van der Waals surface area (Å²) >= 11 is 5.89. The van der Waals surface area contributed by atoms with Crippen LogP contribution in [0.4, 0.5) is 5.69 Å². The lowest BCUT2D eigenvalue weighted by atomic mass is 10.2. The Balaban J connectivity index is 1.49. The van der Waals surface area contributed by atoms with Crippen molar-refractivity contribution in [3.63, 3.8) is 0 Å². The van der Waals surface area contributed by atoms with Gasteiger partial charge in [-0.1, -0.05) is 29.3 Å². The van der Waals surface area contributed by atoms with Gasteiger partial charge in [-0.2, -0.15) is 0 Å². The molecule has 1 amide bonds. The lowest BCUT2D eigenvalue weighted by Crippen LogP contribution is -2.29. The van der Waals surface area contributed by atoms with Crippen LogP contribution < -0.4 is 10.6 Å². The van der Waals surface area contributed by atoms with Gasteiger partial charge in [0.1, 0.15) is 11.5 Å². The molecule has 1 heterocycles. The first kappa shape index (κ1) is 17.1. The lowest BCUT2D eigenvalue weighted by Gasteiger charge is -2.07. The summed E-state index contributed by atoms with van der Waals surface area (Å²) in [6.45, 7) is 2.59. The van der Waals surface area contributed by atoms with Gasteiger partial charge in [-0.25, -0.2) is 0 Å². The molecule has 1 aromatic heterocycles. The zero-order chi connectivity index (χ0) is 17.6. The SMILES string of the molecule is Cc1ccc(NCC(=O)NCc2ccc(-c3ccc(Cl)cc3)o2)cc1. The largest absolute Gasteiger partial charge is 0.459 e. The van der Waals surface area contributed by atoms with E-state index in [1.165, 1.54) is 5.56 Å². The normalized spacial score (nSPS) is 10.5. The van der Waals surface area contributed by atoms with Gasteiger partial charge in [0.15, 0.2) is 0 Å². The smallest absolute Gasteiger partial charge is 0.239 e. The molecule has 0 radical (unpaired) electrons. The molecule has 0 atom stereocenters. The molecule has 3 aromatic rings. The van der Waals surface area contributed by atoms with Gasteiger partial charge >= 0.3 is 0 Å². The number of amides is 1. The average molecular weight is 355 g/mol. The first-order chi connectivity index (χ1) is 12.1. The summed E-state index contributed by atoms with van der Waals surface area (Å²) in [6, 6.07) is 19.1. The number of hydrogen-bond acceptors (Lipinski definition) is 3. The third kappa shape index (κ3) is 4.88. The molecule has 128 valence electrons. The number of aryl methyl sites for hydroxylation is 1. The molecule has 0 saturated carbocycles. The second-order valence-electron chi connectivity index (χ2n) is 5.77. The summed E-state index contributed by atoms with van der Waals surface area (Å²) in [5, 5.41) is 6.61. The molecular weight excluding hydrogens is 336 g/mol. The molecule has 25 heavy (non-hydrogen) atoms. The summed E-state index contributed by atoms with van der Waals surface area (Å²) in [4.78, 5) is 11.9. The molecule has 5 heteroatoms. The summed E-state index contributed by atoms with van der Waals surface area (Å²) in [6.07, 6.45) is 0. The minimum Gasteiger partial charge on any atom is -0.459 e. The van der Waals surface area contributed by atoms with Crippen LogP contribution in [0, 0.1) is 6.92 Å².